The molecular weight excluding hydrogens is 470 g/mol. The summed E-state index contributed by atoms with van der Waals surface area (Å²) in [6.07, 6.45) is 0. The van der Waals surface area contributed by atoms with Crippen LogP contribution in [0.3, 0.4) is 0 Å². The van der Waals surface area contributed by atoms with Gasteiger partial charge in [-0.25, -0.2) is 0 Å². The van der Waals surface area contributed by atoms with Crippen molar-refractivity contribution in [3.05, 3.63) is 81.8 Å². The van der Waals surface area contributed by atoms with Crippen molar-refractivity contribution in [1.29, 1.82) is 0 Å². The Hall–Kier alpha value is -3.71. The summed E-state index contributed by atoms with van der Waals surface area (Å²) < 4.78 is 17.1. The van der Waals surface area contributed by atoms with Gasteiger partial charge in [-0.2, -0.15) is 0 Å². The predicted octanol–water partition coefficient (Wildman–Crippen LogP) is 5.97. The van der Waals surface area contributed by atoms with Crippen molar-refractivity contribution in [3.8, 4) is 11.5 Å². The minimum absolute atomic E-state index is 0.105. The lowest BCUT2D eigenvalue weighted by Crippen LogP contribution is -2.29. The Morgan fingerprint density at radius 3 is 2.40 bits per heavy atom. The van der Waals surface area contributed by atoms with Crippen LogP contribution in [0.4, 0.5) is 5.69 Å². The Bertz CT molecular complexity index is 1320. The first-order chi connectivity index (χ1) is 16.8. The minimum Gasteiger partial charge on any atom is -0.507 e. The van der Waals surface area contributed by atoms with Gasteiger partial charge in [0.15, 0.2) is 0 Å². The van der Waals surface area contributed by atoms with E-state index in [4.69, 9.17) is 25.5 Å². The number of benzene rings is 2. The molecule has 1 atom stereocenters. The Kier molecular flexibility index (Phi) is 6.89. The zero-order valence-corrected chi connectivity index (χ0v) is 20.7. The monoisotopic (exact) mass is 495 g/mol. The van der Waals surface area contributed by atoms with Gasteiger partial charge in [0.05, 0.1) is 24.4 Å². The zero-order valence-electron chi connectivity index (χ0n) is 19.9. The number of ketones is 1. The minimum atomic E-state index is -0.997. The number of carbonyl (C=O) groups is 2. The average molecular weight is 496 g/mol. The van der Waals surface area contributed by atoms with Gasteiger partial charge in [-0.05, 0) is 69.7 Å². The molecule has 2 heterocycles. The Labute approximate surface area is 208 Å². The van der Waals surface area contributed by atoms with Gasteiger partial charge < -0.3 is 19.0 Å². The molecule has 1 saturated heterocycles. The van der Waals surface area contributed by atoms with Crippen LogP contribution in [0.25, 0.3) is 5.76 Å². The highest BCUT2D eigenvalue weighted by atomic mass is 35.5. The van der Waals surface area contributed by atoms with Crippen LogP contribution < -0.4 is 14.4 Å². The molecule has 4 rings (SSSR count). The van der Waals surface area contributed by atoms with Crippen LogP contribution in [-0.2, 0) is 9.59 Å². The largest absolute Gasteiger partial charge is 0.507 e. The molecule has 1 fully saturated rings. The fraction of sp³-hybridized carbons (Fsp3) is 0.259. The zero-order chi connectivity index (χ0) is 25.3. The number of nitrogens with zero attached hydrogens (tertiary/aromatic N) is 1. The molecule has 0 aliphatic carbocycles. The molecule has 1 aliphatic heterocycles. The van der Waals surface area contributed by atoms with Gasteiger partial charge in [0.25, 0.3) is 11.7 Å². The third-order valence-electron chi connectivity index (χ3n) is 5.73. The van der Waals surface area contributed by atoms with E-state index >= 15 is 0 Å². The molecule has 1 aromatic heterocycles. The molecule has 1 amide bonds. The number of aryl methyl sites for hydroxylation is 2. The number of carbonyl (C=O) groups excluding carboxylic acids is 2. The van der Waals surface area contributed by atoms with Crippen molar-refractivity contribution in [2.75, 3.05) is 18.1 Å². The van der Waals surface area contributed by atoms with Gasteiger partial charge in [0.2, 0.25) is 0 Å². The molecule has 182 valence electrons. The molecule has 2 aromatic carbocycles. The second-order valence-corrected chi connectivity index (χ2v) is 8.48. The topological polar surface area (TPSA) is 89.2 Å². The molecule has 3 aromatic rings. The molecular formula is C27H26ClNO6. The molecule has 0 radical (unpaired) electrons. The van der Waals surface area contributed by atoms with Crippen LogP contribution in [0, 0.1) is 13.8 Å². The number of halogens is 1. The Morgan fingerprint density at radius 2 is 1.77 bits per heavy atom. The molecule has 0 spiro atoms. The molecule has 1 N–H and O–H groups in total. The van der Waals surface area contributed by atoms with E-state index < -0.39 is 17.7 Å². The van der Waals surface area contributed by atoms with Crippen LogP contribution in [-0.4, -0.2) is 30.0 Å². The van der Waals surface area contributed by atoms with Crippen LogP contribution >= 0.6 is 11.6 Å². The number of amides is 1. The number of Topliss-reactive ketones (excluding diaryl/α,β-unsaturated/α-hetero) is 1. The normalized spacial score (nSPS) is 17.2. The highest BCUT2D eigenvalue weighted by Gasteiger charge is 2.48. The van der Waals surface area contributed by atoms with E-state index in [2.05, 4.69) is 0 Å². The van der Waals surface area contributed by atoms with Crippen molar-refractivity contribution in [3.63, 3.8) is 0 Å². The summed E-state index contributed by atoms with van der Waals surface area (Å²) in [4.78, 5) is 27.9. The lowest BCUT2D eigenvalue weighted by molar-refractivity contribution is -0.132. The SMILES string of the molecule is CCOc1ccc(/C(O)=C2/C(=O)C(=O)N(c3ccc(C)c(Cl)c3)C2c2ccc(C)o2)c(OCC)c1. The van der Waals surface area contributed by atoms with Crippen molar-refractivity contribution >= 4 is 34.7 Å². The Balaban J connectivity index is 1.93. The first kappa shape index (κ1) is 24.4. The van der Waals surface area contributed by atoms with E-state index in [1.165, 1.54) is 4.90 Å². The fourth-order valence-corrected chi connectivity index (χ4v) is 4.25. The average Bonchev–Trinajstić information content (AvgIpc) is 3.37. The summed E-state index contributed by atoms with van der Waals surface area (Å²) in [5, 5.41) is 11.9. The van der Waals surface area contributed by atoms with E-state index in [1.807, 2.05) is 20.8 Å². The van der Waals surface area contributed by atoms with Crippen molar-refractivity contribution in [1.82, 2.24) is 0 Å². The smallest absolute Gasteiger partial charge is 0.300 e. The highest BCUT2D eigenvalue weighted by Crippen LogP contribution is 2.44. The number of hydrogen-bond donors (Lipinski definition) is 1. The van der Waals surface area contributed by atoms with Gasteiger partial charge in [0.1, 0.15) is 34.8 Å². The molecule has 35 heavy (non-hydrogen) atoms. The van der Waals surface area contributed by atoms with Crippen LogP contribution in [0.2, 0.25) is 5.02 Å². The third-order valence-corrected chi connectivity index (χ3v) is 6.13. The summed E-state index contributed by atoms with van der Waals surface area (Å²) in [5.41, 5.74) is 1.40. The van der Waals surface area contributed by atoms with Crippen LogP contribution in [0.15, 0.2) is 58.5 Å². The lowest BCUT2D eigenvalue weighted by Gasteiger charge is -2.24. The quantitative estimate of drug-likeness (QED) is 0.246. The molecule has 1 aliphatic rings. The van der Waals surface area contributed by atoms with Gasteiger partial charge in [-0.1, -0.05) is 17.7 Å². The van der Waals surface area contributed by atoms with E-state index in [1.54, 1.807) is 55.5 Å². The van der Waals surface area contributed by atoms with Crippen LogP contribution in [0.5, 0.6) is 11.5 Å². The highest BCUT2D eigenvalue weighted by molar-refractivity contribution is 6.51. The van der Waals surface area contributed by atoms with Gasteiger partial charge in [-0.3, -0.25) is 14.5 Å². The first-order valence-corrected chi connectivity index (χ1v) is 11.7. The molecule has 8 heteroatoms. The van der Waals surface area contributed by atoms with Crippen LogP contribution in [0.1, 0.15) is 42.5 Å². The fourth-order valence-electron chi connectivity index (χ4n) is 4.07. The first-order valence-electron chi connectivity index (χ1n) is 11.3. The molecule has 1 unspecified atom stereocenters. The number of rotatable bonds is 7. The van der Waals surface area contributed by atoms with Gasteiger partial charge in [-0.15, -0.1) is 0 Å². The third kappa shape index (κ3) is 4.51. The summed E-state index contributed by atoms with van der Waals surface area (Å²) in [6.45, 7) is 8.06. The van der Waals surface area contributed by atoms with E-state index in [9.17, 15) is 14.7 Å². The maximum atomic E-state index is 13.3. The Morgan fingerprint density at radius 1 is 1.03 bits per heavy atom. The lowest BCUT2D eigenvalue weighted by atomic mass is 9.98. The summed E-state index contributed by atoms with van der Waals surface area (Å²) in [6, 6.07) is 12.4. The number of hydrogen-bond acceptors (Lipinski definition) is 6. The maximum absolute atomic E-state index is 13.3. The summed E-state index contributed by atoms with van der Waals surface area (Å²) >= 11 is 6.33. The second kappa shape index (κ2) is 9.88. The molecule has 0 bridgehead atoms. The maximum Gasteiger partial charge on any atom is 0.300 e. The van der Waals surface area contributed by atoms with Crippen molar-refractivity contribution in [2.24, 2.45) is 0 Å². The number of aliphatic hydroxyl groups is 1. The molecule has 7 nitrogen and oxygen atoms in total. The standard InChI is InChI=1S/C27H26ClNO6/c1-5-33-18-10-11-19(22(14-18)34-6-2)25(30)23-24(21-12-8-16(4)35-21)29(27(32)26(23)31)17-9-7-15(3)20(28)13-17/h7-14,24,30H,5-6H2,1-4H3/b25-23-. The number of furan rings is 1. The predicted molar refractivity (Wildman–Crippen MR) is 133 cm³/mol. The summed E-state index contributed by atoms with van der Waals surface area (Å²) in [5.74, 6) is -0.179. The number of anilines is 1. The van der Waals surface area contributed by atoms with E-state index in [0.717, 1.165) is 5.56 Å². The second-order valence-electron chi connectivity index (χ2n) is 8.07. The van der Waals surface area contributed by atoms with E-state index in [-0.39, 0.29) is 16.9 Å². The van der Waals surface area contributed by atoms with E-state index in [0.29, 0.717) is 46.9 Å². The van der Waals surface area contributed by atoms with Gasteiger partial charge >= 0.3 is 0 Å². The van der Waals surface area contributed by atoms with Gasteiger partial charge in [0, 0.05) is 16.8 Å². The van der Waals surface area contributed by atoms with Crippen molar-refractivity contribution < 1.29 is 28.6 Å². The van der Waals surface area contributed by atoms with Crippen molar-refractivity contribution in [2.45, 2.75) is 33.7 Å². The molecule has 0 saturated carbocycles. The number of aliphatic hydroxyl groups excluding tert-OH is 1. The number of ether oxygens (including phenoxy) is 2. The summed E-state index contributed by atoms with van der Waals surface area (Å²) in [7, 11) is 0.